The Balaban J connectivity index is 1.24. The minimum absolute atomic E-state index is 0.218. The molecular formula is C43H31N3. The molecule has 0 saturated carbocycles. The van der Waals surface area contributed by atoms with Crippen LogP contribution in [0.25, 0.3) is 71.8 Å². The zero-order chi connectivity index (χ0) is 30.6. The summed E-state index contributed by atoms with van der Waals surface area (Å²) >= 11 is 0. The Morgan fingerprint density at radius 2 is 1.02 bits per heavy atom. The molecule has 0 atom stereocenters. The Labute approximate surface area is 267 Å². The molecule has 218 valence electrons. The third kappa shape index (κ3) is 3.32. The lowest BCUT2D eigenvalue weighted by Crippen LogP contribution is -2.17. The molecule has 3 heteroatoms. The normalized spacial score (nSPS) is 13.6. The van der Waals surface area contributed by atoms with E-state index in [-0.39, 0.29) is 5.41 Å². The third-order valence-corrected chi connectivity index (χ3v) is 10.2. The van der Waals surface area contributed by atoms with Gasteiger partial charge < -0.3 is 13.7 Å². The maximum atomic E-state index is 2.48. The van der Waals surface area contributed by atoms with Gasteiger partial charge in [0.2, 0.25) is 0 Å². The van der Waals surface area contributed by atoms with E-state index in [1.54, 1.807) is 0 Å². The van der Waals surface area contributed by atoms with Crippen LogP contribution in [0.3, 0.4) is 0 Å². The lowest BCUT2D eigenvalue weighted by Gasteiger charge is -2.21. The number of hydrogen-bond donors (Lipinski definition) is 0. The minimum Gasteiger partial charge on any atom is -0.317 e. The maximum absolute atomic E-state index is 2.48. The maximum Gasteiger partial charge on any atom is 0.0763 e. The first kappa shape index (κ1) is 25.5. The van der Waals surface area contributed by atoms with E-state index in [9.17, 15) is 0 Å². The molecule has 10 rings (SSSR count). The van der Waals surface area contributed by atoms with Crippen molar-refractivity contribution in [3.05, 3.63) is 163 Å². The van der Waals surface area contributed by atoms with Crippen LogP contribution < -0.4 is 0 Å². The SMILES string of the molecule is CC1(C)c2cc3c(cc2-n2cc4c5ccccc5n(-c5ccccc5)c4c21)c1ccccc1n3-c1ccc(-c2ccccc2)cc1. The number of nitrogens with zero attached hydrogens (tertiary/aromatic N) is 3. The van der Waals surface area contributed by atoms with Crippen LogP contribution in [0.1, 0.15) is 25.1 Å². The van der Waals surface area contributed by atoms with Gasteiger partial charge in [0.25, 0.3) is 0 Å². The first-order valence-electron chi connectivity index (χ1n) is 16.0. The van der Waals surface area contributed by atoms with Crippen molar-refractivity contribution >= 4 is 43.6 Å². The topological polar surface area (TPSA) is 14.8 Å². The fourth-order valence-corrected chi connectivity index (χ4v) is 8.11. The van der Waals surface area contributed by atoms with Gasteiger partial charge in [0.05, 0.1) is 33.4 Å². The monoisotopic (exact) mass is 589 g/mol. The summed E-state index contributed by atoms with van der Waals surface area (Å²) in [6.45, 7) is 4.79. The lowest BCUT2D eigenvalue weighted by atomic mass is 9.82. The Kier molecular flexibility index (Phi) is 5.06. The molecule has 3 aromatic heterocycles. The molecular weight excluding hydrogens is 558 g/mol. The van der Waals surface area contributed by atoms with Crippen LogP contribution in [-0.4, -0.2) is 13.7 Å². The largest absolute Gasteiger partial charge is 0.317 e. The van der Waals surface area contributed by atoms with Crippen LogP contribution >= 0.6 is 0 Å². The number of fused-ring (bicyclic) bond motifs is 10. The van der Waals surface area contributed by atoms with Crippen molar-refractivity contribution < 1.29 is 0 Å². The van der Waals surface area contributed by atoms with E-state index >= 15 is 0 Å². The Hall–Kier alpha value is -5.80. The molecule has 0 aliphatic carbocycles. The van der Waals surface area contributed by atoms with Crippen LogP contribution in [0.5, 0.6) is 0 Å². The molecule has 0 bridgehead atoms. The fraction of sp³-hybridized carbons (Fsp3) is 0.0698. The number of rotatable bonds is 3. The Morgan fingerprint density at radius 1 is 0.457 bits per heavy atom. The van der Waals surface area contributed by atoms with E-state index < -0.39 is 0 Å². The number of hydrogen-bond acceptors (Lipinski definition) is 0. The molecule has 1 aliphatic heterocycles. The smallest absolute Gasteiger partial charge is 0.0763 e. The van der Waals surface area contributed by atoms with Crippen LogP contribution in [0, 0.1) is 0 Å². The second kappa shape index (κ2) is 9.12. The second-order valence-electron chi connectivity index (χ2n) is 13.1. The molecule has 3 nitrogen and oxygen atoms in total. The van der Waals surface area contributed by atoms with Crippen molar-refractivity contribution in [3.8, 4) is 28.2 Å². The molecule has 0 N–H and O–H groups in total. The summed E-state index contributed by atoms with van der Waals surface area (Å²) in [5, 5.41) is 5.14. The average molecular weight is 590 g/mol. The van der Waals surface area contributed by atoms with E-state index in [0.717, 1.165) is 0 Å². The summed E-state index contributed by atoms with van der Waals surface area (Å²) in [6, 6.07) is 53.0. The highest BCUT2D eigenvalue weighted by molar-refractivity contribution is 6.13. The predicted octanol–water partition coefficient (Wildman–Crippen LogP) is 11.0. The van der Waals surface area contributed by atoms with Crippen molar-refractivity contribution in [2.75, 3.05) is 0 Å². The molecule has 1 aliphatic rings. The van der Waals surface area contributed by atoms with Gasteiger partial charge in [-0.15, -0.1) is 0 Å². The van der Waals surface area contributed by atoms with Gasteiger partial charge in [-0.25, -0.2) is 0 Å². The summed E-state index contributed by atoms with van der Waals surface area (Å²) in [5.41, 5.74) is 13.6. The highest BCUT2D eigenvalue weighted by Crippen LogP contribution is 2.51. The molecule has 0 amide bonds. The van der Waals surface area contributed by atoms with Crippen molar-refractivity contribution in [2.24, 2.45) is 0 Å². The van der Waals surface area contributed by atoms with Gasteiger partial charge in [0.1, 0.15) is 0 Å². The highest BCUT2D eigenvalue weighted by Gasteiger charge is 2.40. The van der Waals surface area contributed by atoms with Gasteiger partial charge >= 0.3 is 0 Å². The van der Waals surface area contributed by atoms with E-state index in [0.29, 0.717) is 0 Å². The number of aromatic nitrogens is 3. The molecule has 46 heavy (non-hydrogen) atoms. The standard InChI is InChI=1S/C43H31N3/c1-43(2)36-26-39-34(32-17-9-11-19-37(32)45(39)31-23-21-29(22-24-31)28-13-5-3-6-14-28)25-40(36)44-27-35-33-18-10-12-20-38(33)46(41(35)42(43)44)30-15-7-4-8-16-30/h3-27H,1-2H3. The molecule has 0 fully saturated rings. The Bertz CT molecular complexity index is 2630. The van der Waals surface area contributed by atoms with E-state index in [2.05, 4.69) is 179 Å². The van der Waals surface area contributed by atoms with E-state index in [4.69, 9.17) is 0 Å². The van der Waals surface area contributed by atoms with Crippen LogP contribution in [0.2, 0.25) is 0 Å². The van der Waals surface area contributed by atoms with Crippen LogP contribution in [0.15, 0.2) is 152 Å². The molecule has 9 aromatic rings. The first-order valence-corrected chi connectivity index (χ1v) is 16.0. The number of benzene rings is 6. The summed E-state index contributed by atoms with van der Waals surface area (Å²) in [7, 11) is 0. The van der Waals surface area contributed by atoms with Gasteiger partial charge in [-0.3, -0.25) is 0 Å². The summed E-state index contributed by atoms with van der Waals surface area (Å²) in [6.07, 6.45) is 2.38. The van der Waals surface area contributed by atoms with Gasteiger partial charge in [-0.05, 0) is 65.2 Å². The van der Waals surface area contributed by atoms with Crippen molar-refractivity contribution in [3.63, 3.8) is 0 Å². The highest BCUT2D eigenvalue weighted by atomic mass is 15.1. The zero-order valence-electron chi connectivity index (χ0n) is 25.8. The second-order valence-corrected chi connectivity index (χ2v) is 13.1. The number of para-hydroxylation sites is 3. The molecule has 0 radical (unpaired) electrons. The summed E-state index contributed by atoms with van der Waals surface area (Å²) in [5.74, 6) is 0. The minimum atomic E-state index is -0.218. The fourth-order valence-electron chi connectivity index (χ4n) is 8.11. The summed E-state index contributed by atoms with van der Waals surface area (Å²) < 4.78 is 7.39. The van der Waals surface area contributed by atoms with Crippen molar-refractivity contribution in [2.45, 2.75) is 19.3 Å². The van der Waals surface area contributed by atoms with Gasteiger partial charge in [0.15, 0.2) is 0 Å². The summed E-state index contributed by atoms with van der Waals surface area (Å²) in [4.78, 5) is 0. The van der Waals surface area contributed by atoms with Gasteiger partial charge in [-0.2, -0.15) is 0 Å². The first-order chi connectivity index (χ1) is 22.6. The third-order valence-electron chi connectivity index (χ3n) is 10.2. The van der Waals surface area contributed by atoms with E-state index in [1.807, 2.05) is 0 Å². The average Bonchev–Trinajstić information content (AvgIpc) is 3.80. The van der Waals surface area contributed by atoms with Crippen LogP contribution in [-0.2, 0) is 5.41 Å². The molecule has 0 spiro atoms. The van der Waals surface area contributed by atoms with Gasteiger partial charge in [-0.1, -0.05) is 111 Å². The van der Waals surface area contributed by atoms with Crippen molar-refractivity contribution in [1.82, 2.24) is 13.7 Å². The molecule has 6 aromatic carbocycles. The van der Waals surface area contributed by atoms with Crippen LogP contribution in [0.4, 0.5) is 0 Å². The molecule has 4 heterocycles. The predicted molar refractivity (Wildman–Crippen MR) is 192 cm³/mol. The molecule has 0 saturated heterocycles. The van der Waals surface area contributed by atoms with Gasteiger partial charge in [0, 0.05) is 44.5 Å². The van der Waals surface area contributed by atoms with Crippen molar-refractivity contribution in [1.29, 1.82) is 0 Å². The molecule has 0 unspecified atom stereocenters. The van der Waals surface area contributed by atoms with E-state index in [1.165, 1.54) is 83.1 Å². The zero-order valence-corrected chi connectivity index (χ0v) is 25.8. The lowest BCUT2D eigenvalue weighted by molar-refractivity contribution is 0.646. The quantitative estimate of drug-likeness (QED) is 0.195. The Morgan fingerprint density at radius 3 is 1.74 bits per heavy atom.